The Morgan fingerprint density at radius 2 is 2.00 bits per heavy atom. The quantitative estimate of drug-likeness (QED) is 0.715. The third-order valence-electron chi connectivity index (χ3n) is 4.55. The van der Waals surface area contributed by atoms with Gasteiger partial charge in [-0.1, -0.05) is 23.5 Å². The van der Waals surface area contributed by atoms with Crippen LogP contribution in [0.2, 0.25) is 0 Å². The van der Waals surface area contributed by atoms with E-state index in [9.17, 15) is 9.59 Å². The SMILES string of the molecule is CCOC(=O)Cc1ccc(NC(=O)Nc2nnc(N3CCCCC3C)s2)cc1. The van der Waals surface area contributed by atoms with E-state index in [4.69, 9.17) is 4.74 Å². The highest BCUT2D eigenvalue weighted by Crippen LogP contribution is 2.29. The second-order valence-electron chi connectivity index (χ2n) is 6.69. The molecule has 0 radical (unpaired) electrons. The largest absolute Gasteiger partial charge is 0.466 e. The summed E-state index contributed by atoms with van der Waals surface area (Å²) in [6.07, 6.45) is 3.75. The molecule has 0 spiro atoms. The van der Waals surface area contributed by atoms with Gasteiger partial charge in [0.2, 0.25) is 10.3 Å². The smallest absolute Gasteiger partial charge is 0.325 e. The van der Waals surface area contributed by atoms with Gasteiger partial charge in [0, 0.05) is 18.3 Å². The molecule has 28 heavy (non-hydrogen) atoms. The molecule has 2 aromatic rings. The molecule has 1 aliphatic heterocycles. The lowest BCUT2D eigenvalue weighted by Gasteiger charge is -2.32. The molecule has 1 atom stereocenters. The number of hydrogen-bond donors (Lipinski definition) is 2. The van der Waals surface area contributed by atoms with Crippen molar-refractivity contribution in [2.75, 3.05) is 28.7 Å². The number of nitrogens with one attached hydrogen (secondary N) is 2. The van der Waals surface area contributed by atoms with Crippen molar-refractivity contribution >= 4 is 39.3 Å². The van der Waals surface area contributed by atoms with Gasteiger partial charge in [-0.25, -0.2) is 4.79 Å². The van der Waals surface area contributed by atoms with Gasteiger partial charge in [-0.2, -0.15) is 0 Å². The van der Waals surface area contributed by atoms with Crippen LogP contribution < -0.4 is 15.5 Å². The second kappa shape index (κ2) is 9.50. The van der Waals surface area contributed by atoms with Gasteiger partial charge in [-0.15, -0.1) is 10.2 Å². The van der Waals surface area contributed by atoms with Gasteiger partial charge in [0.15, 0.2) is 0 Å². The van der Waals surface area contributed by atoms with Crippen molar-refractivity contribution in [3.63, 3.8) is 0 Å². The zero-order valence-corrected chi connectivity index (χ0v) is 16.9. The summed E-state index contributed by atoms with van der Waals surface area (Å²) in [6.45, 7) is 5.30. The zero-order chi connectivity index (χ0) is 19.9. The Hall–Kier alpha value is -2.68. The maximum absolute atomic E-state index is 12.2. The molecule has 2 amide bonds. The first-order chi connectivity index (χ1) is 13.5. The first-order valence-corrected chi connectivity index (χ1v) is 10.3. The number of carbonyl (C=O) groups is 2. The molecule has 0 bridgehead atoms. The van der Waals surface area contributed by atoms with Gasteiger partial charge >= 0.3 is 12.0 Å². The Balaban J connectivity index is 1.52. The van der Waals surface area contributed by atoms with Crippen LogP contribution in [0.5, 0.6) is 0 Å². The normalized spacial score (nSPS) is 16.5. The number of rotatable bonds is 6. The number of esters is 1. The monoisotopic (exact) mass is 403 g/mol. The van der Waals surface area contributed by atoms with E-state index in [0.717, 1.165) is 30.1 Å². The van der Waals surface area contributed by atoms with E-state index >= 15 is 0 Å². The van der Waals surface area contributed by atoms with Crippen molar-refractivity contribution in [3.05, 3.63) is 29.8 Å². The molecule has 1 unspecified atom stereocenters. The fraction of sp³-hybridized carbons (Fsp3) is 0.474. The number of urea groups is 1. The molecule has 1 aromatic carbocycles. The average Bonchev–Trinajstić information content (AvgIpc) is 3.12. The third-order valence-corrected chi connectivity index (χ3v) is 5.42. The van der Waals surface area contributed by atoms with Crippen LogP contribution in [0.15, 0.2) is 24.3 Å². The molecule has 3 rings (SSSR count). The lowest BCUT2D eigenvalue weighted by Crippen LogP contribution is -2.37. The van der Waals surface area contributed by atoms with Crippen LogP contribution in [0, 0.1) is 0 Å². The summed E-state index contributed by atoms with van der Waals surface area (Å²) >= 11 is 1.38. The van der Waals surface area contributed by atoms with E-state index in [1.54, 1.807) is 31.2 Å². The van der Waals surface area contributed by atoms with Crippen molar-refractivity contribution in [2.45, 2.75) is 45.6 Å². The molecule has 150 valence electrons. The van der Waals surface area contributed by atoms with E-state index in [0.29, 0.717) is 23.5 Å². The van der Waals surface area contributed by atoms with Crippen molar-refractivity contribution in [3.8, 4) is 0 Å². The Kier molecular flexibility index (Phi) is 6.80. The van der Waals surface area contributed by atoms with E-state index in [-0.39, 0.29) is 18.4 Å². The number of carbonyl (C=O) groups excluding carboxylic acids is 2. The predicted octanol–water partition coefficient (Wildman–Crippen LogP) is 3.67. The van der Waals surface area contributed by atoms with E-state index in [2.05, 4.69) is 32.7 Å². The maximum Gasteiger partial charge on any atom is 0.325 e. The number of piperidine rings is 1. The van der Waals surface area contributed by atoms with Gasteiger partial charge in [0.1, 0.15) is 0 Å². The number of aromatic nitrogens is 2. The van der Waals surface area contributed by atoms with Crippen LogP contribution in [0.3, 0.4) is 0 Å². The molecule has 1 saturated heterocycles. The number of hydrogen-bond acceptors (Lipinski definition) is 7. The minimum absolute atomic E-state index is 0.211. The van der Waals surface area contributed by atoms with Crippen molar-refractivity contribution in [1.29, 1.82) is 0 Å². The number of anilines is 3. The molecule has 8 nitrogen and oxygen atoms in total. The number of ether oxygens (including phenoxy) is 1. The molecule has 1 fully saturated rings. The Morgan fingerprint density at radius 1 is 1.21 bits per heavy atom. The first kappa shape index (κ1) is 20.1. The summed E-state index contributed by atoms with van der Waals surface area (Å²) in [5, 5.41) is 15.1. The summed E-state index contributed by atoms with van der Waals surface area (Å²) in [7, 11) is 0. The highest BCUT2D eigenvalue weighted by atomic mass is 32.1. The Morgan fingerprint density at radius 3 is 2.71 bits per heavy atom. The van der Waals surface area contributed by atoms with Crippen LogP contribution >= 0.6 is 11.3 Å². The minimum Gasteiger partial charge on any atom is -0.466 e. The third kappa shape index (κ3) is 5.41. The molecule has 9 heteroatoms. The fourth-order valence-corrected chi connectivity index (χ4v) is 3.98. The van der Waals surface area contributed by atoms with Gasteiger partial charge in [0.25, 0.3) is 0 Å². The molecule has 0 aliphatic carbocycles. The van der Waals surface area contributed by atoms with Crippen LogP contribution in [0.4, 0.5) is 20.7 Å². The summed E-state index contributed by atoms with van der Waals surface area (Å²) < 4.78 is 4.93. The average molecular weight is 404 g/mol. The number of nitrogens with zero attached hydrogens (tertiary/aromatic N) is 3. The Bertz CT molecular complexity index is 808. The van der Waals surface area contributed by atoms with E-state index in [1.165, 1.54) is 17.8 Å². The Labute approximate surface area is 168 Å². The molecule has 0 saturated carbocycles. The molecular formula is C19H25N5O3S. The van der Waals surface area contributed by atoms with Crippen LogP contribution in [-0.2, 0) is 16.0 Å². The summed E-state index contributed by atoms with van der Waals surface area (Å²) in [5.74, 6) is -0.268. The number of benzene rings is 1. The minimum atomic E-state index is -0.382. The zero-order valence-electron chi connectivity index (χ0n) is 16.1. The fourth-order valence-electron chi connectivity index (χ4n) is 3.11. The van der Waals surface area contributed by atoms with Crippen molar-refractivity contribution in [2.24, 2.45) is 0 Å². The predicted molar refractivity (Wildman–Crippen MR) is 110 cm³/mol. The molecule has 2 heterocycles. The van der Waals surface area contributed by atoms with Gasteiger partial charge in [-0.3, -0.25) is 10.1 Å². The standard InChI is InChI=1S/C19H25N5O3S/c1-3-27-16(25)12-14-7-9-15(10-8-14)20-17(26)21-18-22-23-19(28-18)24-11-5-4-6-13(24)2/h7-10,13H,3-6,11-12H2,1-2H3,(H2,20,21,22,26). The highest BCUT2D eigenvalue weighted by Gasteiger charge is 2.22. The van der Waals surface area contributed by atoms with E-state index in [1.807, 2.05) is 0 Å². The van der Waals surface area contributed by atoms with Crippen molar-refractivity contribution in [1.82, 2.24) is 10.2 Å². The van der Waals surface area contributed by atoms with Gasteiger partial charge in [-0.05, 0) is 50.8 Å². The molecule has 2 N–H and O–H groups in total. The molecule has 1 aliphatic rings. The summed E-state index contributed by atoms with van der Waals surface area (Å²) in [4.78, 5) is 25.9. The molecular weight excluding hydrogens is 378 g/mol. The lowest BCUT2D eigenvalue weighted by atomic mass is 10.1. The lowest BCUT2D eigenvalue weighted by molar-refractivity contribution is -0.142. The second-order valence-corrected chi connectivity index (χ2v) is 7.64. The number of amides is 2. The molecule has 1 aromatic heterocycles. The van der Waals surface area contributed by atoms with Crippen LogP contribution in [0.25, 0.3) is 0 Å². The van der Waals surface area contributed by atoms with Crippen LogP contribution in [-0.4, -0.2) is 41.4 Å². The highest BCUT2D eigenvalue weighted by molar-refractivity contribution is 7.19. The van der Waals surface area contributed by atoms with Gasteiger partial charge in [0.05, 0.1) is 13.0 Å². The van der Waals surface area contributed by atoms with Gasteiger partial charge < -0.3 is 15.0 Å². The summed E-state index contributed by atoms with van der Waals surface area (Å²) in [5.41, 5.74) is 1.45. The van der Waals surface area contributed by atoms with E-state index < -0.39 is 0 Å². The topological polar surface area (TPSA) is 96.4 Å². The van der Waals surface area contributed by atoms with Crippen molar-refractivity contribution < 1.29 is 14.3 Å². The first-order valence-electron chi connectivity index (χ1n) is 9.48. The summed E-state index contributed by atoms with van der Waals surface area (Å²) in [6, 6.07) is 7.12. The van der Waals surface area contributed by atoms with Crippen LogP contribution in [0.1, 0.15) is 38.7 Å². The maximum atomic E-state index is 12.2.